The molecule has 2 unspecified atom stereocenters. The van der Waals surface area contributed by atoms with Gasteiger partial charge in [-0.05, 0) is 25.2 Å². The summed E-state index contributed by atoms with van der Waals surface area (Å²) in [6.45, 7) is 6.78. The van der Waals surface area contributed by atoms with Gasteiger partial charge in [0.2, 0.25) is 0 Å². The summed E-state index contributed by atoms with van der Waals surface area (Å²) in [5.74, 6) is 0.558. The molecule has 0 aromatic rings. The maximum Gasteiger partial charge on any atom is 0.0568 e. The first kappa shape index (κ1) is 23.0. The summed E-state index contributed by atoms with van der Waals surface area (Å²) in [7, 11) is 0. The fourth-order valence-corrected chi connectivity index (χ4v) is 3.62. The standard InChI is InChI=1S/C22H46O/c1-4-7-9-10-11-12-13-14-15-16-17-20-22(23)21(18-6-3)19-8-5-2/h21-23H,4-20H2,1-3H3. The molecule has 23 heavy (non-hydrogen) atoms. The number of unbranched alkanes of at least 4 members (excludes halogenated alkanes) is 11. The molecule has 1 N–H and O–H groups in total. The minimum Gasteiger partial charge on any atom is -0.393 e. The molecular weight excluding hydrogens is 280 g/mol. The van der Waals surface area contributed by atoms with Crippen molar-refractivity contribution in [3.63, 3.8) is 0 Å². The van der Waals surface area contributed by atoms with E-state index in [1.165, 1.54) is 103 Å². The molecule has 0 aliphatic heterocycles. The van der Waals surface area contributed by atoms with Crippen LogP contribution in [0.1, 0.15) is 130 Å². The van der Waals surface area contributed by atoms with Gasteiger partial charge in [-0.1, -0.05) is 111 Å². The molecule has 0 bridgehead atoms. The molecular formula is C22H46O. The smallest absolute Gasteiger partial charge is 0.0568 e. The highest BCUT2D eigenvalue weighted by Crippen LogP contribution is 2.23. The number of aliphatic hydroxyl groups is 1. The first-order chi connectivity index (χ1) is 11.3. The van der Waals surface area contributed by atoms with Gasteiger partial charge in [0, 0.05) is 0 Å². The minimum absolute atomic E-state index is 0.0416. The lowest BCUT2D eigenvalue weighted by atomic mass is 9.88. The lowest BCUT2D eigenvalue weighted by Crippen LogP contribution is -2.20. The first-order valence-electron chi connectivity index (χ1n) is 10.9. The topological polar surface area (TPSA) is 20.2 Å². The molecule has 0 fully saturated rings. The highest BCUT2D eigenvalue weighted by atomic mass is 16.3. The van der Waals surface area contributed by atoms with Gasteiger partial charge >= 0.3 is 0 Å². The molecule has 0 amide bonds. The number of hydrogen-bond acceptors (Lipinski definition) is 1. The highest BCUT2D eigenvalue weighted by Gasteiger charge is 2.17. The van der Waals surface area contributed by atoms with Crippen LogP contribution >= 0.6 is 0 Å². The Bertz CT molecular complexity index is 214. The maximum absolute atomic E-state index is 10.4. The maximum atomic E-state index is 10.4. The number of rotatable bonds is 18. The second-order valence-electron chi connectivity index (χ2n) is 7.58. The van der Waals surface area contributed by atoms with Gasteiger partial charge in [-0.2, -0.15) is 0 Å². The van der Waals surface area contributed by atoms with Crippen LogP contribution < -0.4 is 0 Å². The molecule has 0 saturated heterocycles. The van der Waals surface area contributed by atoms with Crippen molar-refractivity contribution in [1.29, 1.82) is 0 Å². The molecule has 0 aliphatic rings. The molecule has 0 aromatic carbocycles. The van der Waals surface area contributed by atoms with E-state index in [1.54, 1.807) is 0 Å². The zero-order valence-electron chi connectivity index (χ0n) is 16.6. The molecule has 0 saturated carbocycles. The Hall–Kier alpha value is -0.0400. The second kappa shape index (κ2) is 18.3. The zero-order chi connectivity index (χ0) is 17.2. The SMILES string of the molecule is CCCCCCCCCCCCCC(O)C(CCC)CCCC. The van der Waals surface area contributed by atoms with E-state index in [0.717, 1.165) is 6.42 Å². The number of aliphatic hydroxyl groups excluding tert-OH is 1. The summed E-state index contributed by atoms with van der Waals surface area (Å²) in [6, 6.07) is 0. The van der Waals surface area contributed by atoms with Crippen molar-refractivity contribution < 1.29 is 5.11 Å². The van der Waals surface area contributed by atoms with Crippen LogP contribution in [0.4, 0.5) is 0 Å². The van der Waals surface area contributed by atoms with Crippen molar-refractivity contribution in [3.8, 4) is 0 Å². The molecule has 140 valence electrons. The fourth-order valence-electron chi connectivity index (χ4n) is 3.62. The van der Waals surface area contributed by atoms with Gasteiger partial charge in [-0.15, -0.1) is 0 Å². The van der Waals surface area contributed by atoms with Crippen LogP contribution in [0.3, 0.4) is 0 Å². The lowest BCUT2D eigenvalue weighted by Gasteiger charge is -2.22. The Morgan fingerprint density at radius 1 is 0.478 bits per heavy atom. The highest BCUT2D eigenvalue weighted by molar-refractivity contribution is 4.69. The summed E-state index contributed by atoms with van der Waals surface area (Å²) >= 11 is 0. The van der Waals surface area contributed by atoms with E-state index in [4.69, 9.17) is 0 Å². The van der Waals surface area contributed by atoms with Gasteiger partial charge < -0.3 is 5.11 Å². The van der Waals surface area contributed by atoms with Crippen LogP contribution in [-0.2, 0) is 0 Å². The van der Waals surface area contributed by atoms with E-state index in [1.807, 2.05) is 0 Å². The predicted octanol–water partition coefficient (Wildman–Crippen LogP) is 7.65. The van der Waals surface area contributed by atoms with Crippen molar-refractivity contribution >= 4 is 0 Å². The molecule has 0 radical (unpaired) electrons. The van der Waals surface area contributed by atoms with E-state index in [2.05, 4.69) is 20.8 Å². The lowest BCUT2D eigenvalue weighted by molar-refractivity contribution is 0.0844. The molecule has 0 aliphatic carbocycles. The molecule has 1 nitrogen and oxygen atoms in total. The van der Waals surface area contributed by atoms with Gasteiger partial charge in [0.1, 0.15) is 0 Å². The van der Waals surface area contributed by atoms with Crippen LogP contribution in [0, 0.1) is 5.92 Å². The van der Waals surface area contributed by atoms with Gasteiger partial charge in [-0.25, -0.2) is 0 Å². The van der Waals surface area contributed by atoms with E-state index < -0.39 is 0 Å². The van der Waals surface area contributed by atoms with E-state index >= 15 is 0 Å². The minimum atomic E-state index is -0.0416. The van der Waals surface area contributed by atoms with Gasteiger partial charge in [0.15, 0.2) is 0 Å². The summed E-state index contributed by atoms with van der Waals surface area (Å²) < 4.78 is 0. The van der Waals surface area contributed by atoms with Crippen molar-refractivity contribution in [3.05, 3.63) is 0 Å². The van der Waals surface area contributed by atoms with E-state index in [0.29, 0.717) is 5.92 Å². The molecule has 0 heterocycles. The fraction of sp³-hybridized carbons (Fsp3) is 1.00. The monoisotopic (exact) mass is 326 g/mol. The zero-order valence-corrected chi connectivity index (χ0v) is 16.6. The summed E-state index contributed by atoms with van der Waals surface area (Å²) in [4.78, 5) is 0. The van der Waals surface area contributed by atoms with Gasteiger partial charge in [-0.3, -0.25) is 0 Å². The number of hydrogen-bond donors (Lipinski definition) is 1. The quantitative estimate of drug-likeness (QED) is 0.256. The average Bonchev–Trinajstić information content (AvgIpc) is 2.56. The Morgan fingerprint density at radius 3 is 1.43 bits per heavy atom. The third kappa shape index (κ3) is 15.2. The first-order valence-corrected chi connectivity index (χ1v) is 10.9. The summed E-state index contributed by atoms with van der Waals surface area (Å²) in [5, 5.41) is 10.4. The molecule has 2 atom stereocenters. The largest absolute Gasteiger partial charge is 0.393 e. The molecule has 0 aromatic heterocycles. The second-order valence-corrected chi connectivity index (χ2v) is 7.58. The van der Waals surface area contributed by atoms with Crippen molar-refractivity contribution in [2.24, 2.45) is 5.92 Å². The van der Waals surface area contributed by atoms with Gasteiger partial charge in [0.05, 0.1) is 6.10 Å². The normalized spacial score (nSPS) is 14.1. The summed E-state index contributed by atoms with van der Waals surface area (Å²) in [5.41, 5.74) is 0. The average molecular weight is 327 g/mol. The Kier molecular flexibility index (Phi) is 18.3. The molecule has 0 spiro atoms. The van der Waals surface area contributed by atoms with Crippen LogP contribution in [0.25, 0.3) is 0 Å². The van der Waals surface area contributed by atoms with E-state index in [9.17, 15) is 5.11 Å². The molecule has 1 heteroatoms. The predicted molar refractivity (Wildman–Crippen MR) is 105 cm³/mol. The third-order valence-corrected chi connectivity index (χ3v) is 5.24. The molecule has 0 rings (SSSR count). The van der Waals surface area contributed by atoms with Crippen molar-refractivity contribution in [2.45, 2.75) is 136 Å². The van der Waals surface area contributed by atoms with Gasteiger partial charge in [0.25, 0.3) is 0 Å². The van der Waals surface area contributed by atoms with E-state index in [-0.39, 0.29) is 6.10 Å². The van der Waals surface area contributed by atoms with Crippen LogP contribution in [0.2, 0.25) is 0 Å². The Labute approximate surface area is 147 Å². The van der Waals surface area contributed by atoms with Crippen molar-refractivity contribution in [1.82, 2.24) is 0 Å². The van der Waals surface area contributed by atoms with Crippen LogP contribution in [-0.4, -0.2) is 11.2 Å². The summed E-state index contributed by atoms with van der Waals surface area (Å²) in [6.07, 6.45) is 22.4. The Balaban J connectivity index is 3.44. The van der Waals surface area contributed by atoms with Crippen LogP contribution in [0.5, 0.6) is 0 Å². The van der Waals surface area contributed by atoms with Crippen molar-refractivity contribution in [2.75, 3.05) is 0 Å². The van der Waals surface area contributed by atoms with Crippen LogP contribution in [0.15, 0.2) is 0 Å². The third-order valence-electron chi connectivity index (χ3n) is 5.24. The Morgan fingerprint density at radius 2 is 0.957 bits per heavy atom.